The number of hydrogen-bond donors (Lipinski definition) is 2. The van der Waals surface area contributed by atoms with E-state index < -0.39 is 0 Å². The van der Waals surface area contributed by atoms with Crippen molar-refractivity contribution in [3.63, 3.8) is 0 Å². The van der Waals surface area contributed by atoms with Crippen molar-refractivity contribution in [3.05, 3.63) is 56.0 Å². The minimum absolute atomic E-state index is 0.0931. The van der Waals surface area contributed by atoms with Crippen LogP contribution in [0.4, 0.5) is 5.69 Å². The van der Waals surface area contributed by atoms with Gasteiger partial charge >= 0.3 is 0 Å². The molecule has 0 spiro atoms. The van der Waals surface area contributed by atoms with Crippen molar-refractivity contribution in [1.29, 1.82) is 0 Å². The largest absolute Gasteiger partial charge is 0.504 e. The predicted octanol–water partition coefficient (Wildman–Crippen LogP) is 4.21. The summed E-state index contributed by atoms with van der Waals surface area (Å²) in [5, 5.41) is 13.2. The number of carbonyl (C=O) groups excluding carboxylic acids is 1. The van der Waals surface area contributed by atoms with Crippen LogP contribution in [0.25, 0.3) is 6.08 Å². The van der Waals surface area contributed by atoms with Crippen molar-refractivity contribution in [1.82, 2.24) is 5.32 Å². The van der Waals surface area contributed by atoms with Crippen molar-refractivity contribution in [2.75, 3.05) is 7.11 Å². The third-order valence-corrected chi connectivity index (χ3v) is 5.29. The van der Waals surface area contributed by atoms with Gasteiger partial charge in [0.25, 0.3) is 5.91 Å². The Morgan fingerprint density at radius 3 is 2.80 bits per heavy atom. The van der Waals surface area contributed by atoms with E-state index in [-0.39, 0.29) is 11.7 Å². The molecule has 0 radical (unpaired) electrons. The molecule has 0 unspecified atom stereocenters. The van der Waals surface area contributed by atoms with Crippen LogP contribution in [0.3, 0.4) is 0 Å². The zero-order valence-corrected chi connectivity index (χ0v) is 16.5. The Morgan fingerprint density at radius 1 is 1.32 bits per heavy atom. The topological polar surface area (TPSA) is 70.9 Å². The quantitative estimate of drug-likeness (QED) is 0.526. The number of para-hydroxylation sites is 1. The van der Waals surface area contributed by atoms with Gasteiger partial charge in [0.1, 0.15) is 0 Å². The molecule has 1 amide bonds. The number of halogens is 1. The summed E-state index contributed by atoms with van der Waals surface area (Å²) in [6, 6.07) is 11.2. The van der Waals surface area contributed by atoms with Crippen LogP contribution in [-0.4, -0.2) is 23.3 Å². The first kappa shape index (κ1) is 17.8. The summed E-state index contributed by atoms with van der Waals surface area (Å²) >= 11 is 3.31. The van der Waals surface area contributed by atoms with Crippen LogP contribution in [0.1, 0.15) is 11.1 Å². The molecule has 0 atom stereocenters. The summed E-state index contributed by atoms with van der Waals surface area (Å²) in [6.07, 6.45) is 1.75. The van der Waals surface area contributed by atoms with Crippen molar-refractivity contribution in [3.8, 4) is 11.5 Å². The highest BCUT2D eigenvalue weighted by atomic mass is 127. The van der Waals surface area contributed by atoms with Crippen LogP contribution in [0.15, 0.2) is 46.3 Å². The van der Waals surface area contributed by atoms with E-state index in [1.54, 1.807) is 18.2 Å². The van der Waals surface area contributed by atoms with Gasteiger partial charge in [-0.15, -0.1) is 0 Å². The molecule has 1 aliphatic heterocycles. The summed E-state index contributed by atoms with van der Waals surface area (Å²) < 4.78 is 5.81. The molecular formula is C18H15IN2O3S. The number of ether oxygens (including phenoxy) is 1. The van der Waals surface area contributed by atoms with Gasteiger partial charge in [0.05, 0.1) is 21.3 Å². The van der Waals surface area contributed by atoms with Crippen LogP contribution in [0, 0.1) is 10.5 Å². The second-order valence-corrected chi connectivity index (χ2v) is 7.51. The van der Waals surface area contributed by atoms with Crippen LogP contribution in [-0.2, 0) is 4.79 Å². The molecule has 128 valence electrons. The highest BCUT2D eigenvalue weighted by molar-refractivity contribution is 14.1. The normalized spacial score (nSPS) is 17.2. The Balaban J connectivity index is 1.90. The number of nitrogens with zero attached hydrogens (tertiary/aromatic N) is 1. The SMILES string of the molecule is COc1cc(C=C2SC(=Nc3ccccc3C)NC2=O)cc(I)c1O. The monoisotopic (exact) mass is 466 g/mol. The molecule has 1 aliphatic rings. The van der Waals surface area contributed by atoms with Gasteiger partial charge < -0.3 is 15.2 Å². The third kappa shape index (κ3) is 3.98. The van der Waals surface area contributed by atoms with E-state index in [0.29, 0.717) is 19.4 Å². The van der Waals surface area contributed by atoms with Gasteiger partial charge in [0.2, 0.25) is 0 Å². The Kier molecular flexibility index (Phi) is 5.33. The van der Waals surface area contributed by atoms with Crippen molar-refractivity contribution >= 4 is 57.2 Å². The number of carbonyl (C=O) groups is 1. The fourth-order valence-electron chi connectivity index (χ4n) is 2.26. The number of amides is 1. The summed E-state index contributed by atoms with van der Waals surface area (Å²) in [5.74, 6) is 0.269. The van der Waals surface area contributed by atoms with Gasteiger partial charge in [-0.3, -0.25) is 4.79 Å². The maximum absolute atomic E-state index is 12.2. The number of hydrogen-bond acceptors (Lipinski definition) is 5. The number of aliphatic imine (C=N–C) groups is 1. The first-order chi connectivity index (χ1) is 12.0. The standard InChI is InChI=1S/C18H15IN2O3S/c1-10-5-3-4-6-13(10)20-18-21-17(23)15(25-18)9-11-7-12(19)16(22)14(8-11)24-2/h3-9,22H,1-2H3,(H,20,21,23). The molecule has 1 fully saturated rings. The number of benzene rings is 2. The highest BCUT2D eigenvalue weighted by Gasteiger charge is 2.24. The van der Waals surface area contributed by atoms with E-state index >= 15 is 0 Å². The maximum atomic E-state index is 12.2. The Morgan fingerprint density at radius 2 is 2.08 bits per heavy atom. The Bertz CT molecular complexity index is 909. The number of amidine groups is 1. The van der Waals surface area contributed by atoms with E-state index in [1.165, 1.54) is 18.9 Å². The average molecular weight is 466 g/mol. The van der Waals surface area contributed by atoms with E-state index in [9.17, 15) is 9.90 Å². The maximum Gasteiger partial charge on any atom is 0.264 e. The fraction of sp³-hybridized carbons (Fsp3) is 0.111. The first-order valence-electron chi connectivity index (χ1n) is 7.39. The summed E-state index contributed by atoms with van der Waals surface area (Å²) in [7, 11) is 1.49. The molecule has 2 aromatic rings. The van der Waals surface area contributed by atoms with Crippen LogP contribution >= 0.6 is 34.4 Å². The van der Waals surface area contributed by atoms with Gasteiger partial charge in [-0.25, -0.2) is 4.99 Å². The molecule has 1 heterocycles. The lowest BCUT2D eigenvalue weighted by Crippen LogP contribution is -2.19. The molecule has 0 bridgehead atoms. The van der Waals surface area contributed by atoms with Gasteiger partial charge in [0.15, 0.2) is 16.7 Å². The minimum atomic E-state index is -0.195. The lowest BCUT2D eigenvalue weighted by atomic mass is 10.2. The van der Waals surface area contributed by atoms with Crippen LogP contribution in [0.2, 0.25) is 0 Å². The Hall–Kier alpha value is -2.00. The smallest absolute Gasteiger partial charge is 0.264 e. The number of aromatic hydroxyl groups is 1. The van der Waals surface area contributed by atoms with Crippen molar-refractivity contribution in [2.45, 2.75) is 6.92 Å². The van der Waals surface area contributed by atoms with Gasteiger partial charge in [-0.2, -0.15) is 0 Å². The molecule has 0 saturated carbocycles. The first-order valence-corrected chi connectivity index (χ1v) is 9.29. The third-order valence-electron chi connectivity index (χ3n) is 3.56. The second kappa shape index (κ2) is 7.49. The number of rotatable bonds is 3. The number of aryl methyl sites for hydroxylation is 1. The van der Waals surface area contributed by atoms with Crippen molar-refractivity contribution in [2.24, 2.45) is 4.99 Å². The molecule has 5 nitrogen and oxygen atoms in total. The van der Waals surface area contributed by atoms with E-state index in [0.717, 1.165) is 16.8 Å². The molecule has 0 aliphatic carbocycles. The number of methoxy groups -OCH3 is 1. The average Bonchev–Trinajstić information content (AvgIpc) is 2.92. The van der Waals surface area contributed by atoms with Gasteiger partial charge in [0, 0.05) is 0 Å². The zero-order valence-electron chi connectivity index (χ0n) is 13.5. The zero-order chi connectivity index (χ0) is 18.0. The predicted molar refractivity (Wildman–Crippen MR) is 109 cm³/mol. The van der Waals surface area contributed by atoms with E-state index in [2.05, 4.69) is 10.3 Å². The lowest BCUT2D eigenvalue weighted by molar-refractivity contribution is -0.115. The number of phenols is 1. The lowest BCUT2D eigenvalue weighted by Gasteiger charge is -2.06. The van der Waals surface area contributed by atoms with Crippen molar-refractivity contribution < 1.29 is 14.6 Å². The molecule has 7 heteroatoms. The van der Waals surface area contributed by atoms with E-state index in [1.807, 2.05) is 53.8 Å². The van der Waals surface area contributed by atoms with Crippen LogP contribution < -0.4 is 10.1 Å². The Labute approximate surface area is 163 Å². The molecule has 25 heavy (non-hydrogen) atoms. The molecule has 2 N–H and O–H groups in total. The molecule has 0 aromatic heterocycles. The van der Waals surface area contributed by atoms with Gasteiger partial charge in [-0.1, -0.05) is 18.2 Å². The number of thioether (sulfide) groups is 1. The molecule has 2 aromatic carbocycles. The fourth-order valence-corrected chi connectivity index (χ4v) is 3.72. The van der Waals surface area contributed by atoms with Gasteiger partial charge in [-0.05, 0) is 76.7 Å². The minimum Gasteiger partial charge on any atom is -0.504 e. The number of phenolic OH excluding ortho intramolecular Hbond substituents is 1. The summed E-state index contributed by atoms with van der Waals surface area (Å²) in [4.78, 5) is 17.3. The molecule has 1 saturated heterocycles. The summed E-state index contributed by atoms with van der Waals surface area (Å²) in [6.45, 7) is 1.97. The highest BCUT2D eigenvalue weighted by Crippen LogP contribution is 2.35. The number of nitrogens with one attached hydrogen (secondary N) is 1. The molecule has 3 rings (SSSR count). The van der Waals surface area contributed by atoms with E-state index in [4.69, 9.17) is 4.74 Å². The summed E-state index contributed by atoms with van der Waals surface area (Å²) in [5.41, 5.74) is 2.64. The van der Waals surface area contributed by atoms with Crippen LogP contribution in [0.5, 0.6) is 11.5 Å². The second-order valence-electron chi connectivity index (χ2n) is 5.32. The molecular weight excluding hydrogens is 451 g/mol.